The van der Waals surface area contributed by atoms with Gasteiger partial charge in [-0.25, -0.2) is 4.79 Å². The topological polar surface area (TPSA) is 80.0 Å². The van der Waals surface area contributed by atoms with Gasteiger partial charge in [0.2, 0.25) is 5.82 Å². The molecule has 0 bridgehead atoms. The van der Waals surface area contributed by atoms with Gasteiger partial charge in [-0.15, -0.1) is 0 Å². The Kier molecular flexibility index (Phi) is 4.90. The van der Waals surface area contributed by atoms with E-state index >= 15 is 0 Å². The van der Waals surface area contributed by atoms with Gasteiger partial charge in [0, 0.05) is 22.7 Å². The summed E-state index contributed by atoms with van der Waals surface area (Å²) in [6.07, 6.45) is 0.886. The molecule has 2 amide bonds. The summed E-state index contributed by atoms with van der Waals surface area (Å²) in [7, 11) is 0. The van der Waals surface area contributed by atoms with Crippen molar-refractivity contribution in [1.82, 2.24) is 15.5 Å². The van der Waals surface area contributed by atoms with Crippen molar-refractivity contribution in [3.8, 4) is 22.8 Å². The molecule has 2 aromatic heterocycles. The monoisotopic (exact) mass is 342 g/mol. The molecule has 24 heavy (non-hydrogen) atoms. The zero-order valence-corrected chi connectivity index (χ0v) is 14.3. The van der Waals surface area contributed by atoms with Crippen LogP contribution in [0.4, 0.5) is 10.5 Å². The molecule has 0 aliphatic rings. The minimum atomic E-state index is -0.212. The van der Waals surface area contributed by atoms with Gasteiger partial charge in [-0.05, 0) is 49.1 Å². The summed E-state index contributed by atoms with van der Waals surface area (Å²) in [4.78, 5) is 16.2. The summed E-state index contributed by atoms with van der Waals surface area (Å²) in [5.41, 5.74) is 2.45. The SMILES string of the molecule is CCC(C)NC(=O)Nc1ccc(-c2noc(-c3ccsc3)n2)cc1. The molecular formula is C17H18N4O2S. The van der Waals surface area contributed by atoms with E-state index in [1.807, 2.05) is 54.9 Å². The van der Waals surface area contributed by atoms with Crippen LogP contribution >= 0.6 is 11.3 Å². The van der Waals surface area contributed by atoms with E-state index in [0.717, 1.165) is 17.5 Å². The second-order valence-electron chi connectivity index (χ2n) is 5.42. The molecule has 1 unspecified atom stereocenters. The Morgan fingerprint density at radius 1 is 1.25 bits per heavy atom. The van der Waals surface area contributed by atoms with E-state index in [1.54, 1.807) is 11.3 Å². The minimum Gasteiger partial charge on any atom is -0.335 e. The van der Waals surface area contributed by atoms with Gasteiger partial charge in [-0.1, -0.05) is 12.1 Å². The zero-order chi connectivity index (χ0) is 16.9. The lowest BCUT2D eigenvalue weighted by Crippen LogP contribution is -2.35. The van der Waals surface area contributed by atoms with E-state index in [2.05, 4.69) is 20.8 Å². The molecule has 2 N–H and O–H groups in total. The Labute approximate surface area is 143 Å². The maximum atomic E-state index is 11.8. The first-order valence-electron chi connectivity index (χ1n) is 7.70. The molecule has 2 heterocycles. The molecule has 3 aromatic rings. The largest absolute Gasteiger partial charge is 0.335 e. The second kappa shape index (κ2) is 7.27. The Morgan fingerprint density at radius 3 is 2.71 bits per heavy atom. The third-order valence-corrected chi connectivity index (χ3v) is 4.27. The predicted octanol–water partition coefficient (Wildman–Crippen LogP) is 4.39. The van der Waals surface area contributed by atoms with Crippen molar-refractivity contribution in [2.24, 2.45) is 0 Å². The molecule has 0 aliphatic heterocycles. The molecule has 0 fully saturated rings. The number of urea groups is 1. The van der Waals surface area contributed by atoms with Gasteiger partial charge >= 0.3 is 6.03 Å². The van der Waals surface area contributed by atoms with Crippen LogP contribution < -0.4 is 10.6 Å². The lowest BCUT2D eigenvalue weighted by molar-refractivity contribution is 0.249. The summed E-state index contributed by atoms with van der Waals surface area (Å²) in [5.74, 6) is 1.02. The first-order valence-corrected chi connectivity index (χ1v) is 8.64. The fourth-order valence-corrected chi connectivity index (χ4v) is 2.67. The highest BCUT2D eigenvalue weighted by Crippen LogP contribution is 2.24. The van der Waals surface area contributed by atoms with Crippen molar-refractivity contribution in [3.63, 3.8) is 0 Å². The van der Waals surface area contributed by atoms with Gasteiger partial charge < -0.3 is 15.2 Å². The van der Waals surface area contributed by atoms with Crippen LogP contribution in [0.15, 0.2) is 45.6 Å². The molecule has 1 aromatic carbocycles. The molecular weight excluding hydrogens is 324 g/mol. The summed E-state index contributed by atoms with van der Waals surface area (Å²) in [5, 5.41) is 13.6. The zero-order valence-electron chi connectivity index (χ0n) is 13.4. The number of nitrogens with one attached hydrogen (secondary N) is 2. The molecule has 0 aliphatic carbocycles. The number of thiophene rings is 1. The quantitative estimate of drug-likeness (QED) is 0.721. The number of nitrogens with zero attached hydrogens (tertiary/aromatic N) is 2. The number of anilines is 1. The van der Waals surface area contributed by atoms with Crippen molar-refractivity contribution in [2.45, 2.75) is 26.3 Å². The van der Waals surface area contributed by atoms with Crippen molar-refractivity contribution < 1.29 is 9.32 Å². The predicted molar refractivity (Wildman–Crippen MR) is 95.0 cm³/mol. The Bertz CT molecular complexity index is 796. The van der Waals surface area contributed by atoms with Crippen LogP contribution in [0.5, 0.6) is 0 Å². The number of benzene rings is 1. The van der Waals surface area contributed by atoms with Crippen LogP contribution in [0.25, 0.3) is 22.8 Å². The maximum Gasteiger partial charge on any atom is 0.319 e. The van der Waals surface area contributed by atoms with E-state index in [1.165, 1.54) is 0 Å². The molecule has 1 atom stereocenters. The summed E-state index contributed by atoms with van der Waals surface area (Å²) in [6.45, 7) is 3.99. The number of hydrogen-bond donors (Lipinski definition) is 2. The fraction of sp³-hybridized carbons (Fsp3) is 0.235. The van der Waals surface area contributed by atoms with E-state index in [9.17, 15) is 4.79 Å². The van der Waals surface area contributed by atoms with E-state index in [4.69, 9.17) is 4.52 Å². The number of carbonyl (C=O) groups is 1. The molecule has 124 valence electrons. The number of rotatable bonds is 5. The van der Waals surface area contributed by atoms with Gasteiger partial charge in [-0.2, -0.15) is 16.3 Å². The molecule has 6 nitrogen and oxygen atoms in total. The van der Waals surface area contributed by atoms with E-state index in [0.29, 0.717) is 17.4 Å². The van der Waals surface area contributed by atoms with E-state index in [-0.39, 0.29) is 12.1 Å². The lowest BCUT2D eigenvalue weighted by Gasteiger charge is -2.12. The smallest absolute Gasteiger partial charge is 0.319 e. The van der Waals surface area contributed by atoms with Crippen LogP contribution in [0.2, 0.25) is 0 Å². The highest BCUT2D eigenvalue weighted by atomic mass is 32.1. The van der Waals surface area contributed by atoms with Gasteiger partial charge in [0.05, 0.1) is 5.56 Å². The van der Waals surface area contributed by atoms with Crippen molar-refractivity contribution in [2.75, 3.05) is 5.32 Å². The van der Waals surface area contributed by atoms with Crippen LogP contribution in [0.1, 0.15) is 20.3 Å². The molecule has 0 radical (unpaired) electrons. The van der Waals surface area contributed by atoms with Crippen LogP contribution in [0, 0.1) is 0 Å². The average molecular weight is 342 g/mol. The van der Waals surface area contributed by atoms with Gasteiger partial charge in [0.25, 0.3) is 5.89 Å². The first-order chi connectivity index (χ1) is 11.7. The summed E-state index contributed by atoms with van der Waals surface area (Å²) < 4.78 is 5.28. The highest BCUT2D eigenvalue weighted by molar-refractivity contribution is 7.08. The summed E-state index contributed by atoms with van der Waals surface area (Å²) >= 11 is 1.58. The van der Waals surface area contributed by atoms with Crippen molar-refractivity contribution in [1.29, 1.82) is 0 Å². The van der Waals surface area contributed by atoms with Crippen LogP contribution in [-0.2, 0) is 0 Å². The second-order valence-corrected chi connectivity index (χ2v) is 6.20. The molecule has 0 spiro atoms. The van der Waals surface area contributed by atoms with Crippen molar-refractivity contribution >= 4 is 23.1 Å². The standard InChI is InChI=1S/C17H18N4O2S/c1-3-11(2)18-17(22)19-14-6-4-12(5-7-14)15-20-16(23-21-15)13-8-9-24-10-13/h4-11H,3H2,1-2H3,(H2,18,19,22). The number of carbonyl (C=O) groups excluding carboxylic acids is 1. The Balaban J connectivity index is 1.67. The van der Waals surface area contributed by atoms with E-state index < -0.39 is 0 Å². The van der Waals surface area contributed by atoms with Crippen LogP contribution in [-0.4, -0.2) is 22.2 Å². The summed E-state index contributed by atoms with van der Waals surface area (Å²) in [6, 6.07) is 9.18. The van der Waals surface area contributed by atoms with Gasteiger partial charge in [0.15, 0.2) is 0 Å². The minimum absolute atomic E-state index is 0.138. The number of amides is 2. The third kappa shape index (κ3) is 3.80. The third-order valence-electron chi connectivity index (χ3n) is 3.58. The number of aromatic nitrogens is 2. The highest BCUT2D eigenvalue weighted by Gasteiger charge is 2.11. The molecule has 0 saturated heterocycles. The Hall–Kier alpha value is -2.67. The molecule has 0 saturated carbocycles. The molecule has 7 heteroatoms. The van der Waals surface area contributed by atoms with Crippen LogP contribution in [0.3, 0.4) is 0 Å². The Morgan fingerprint density at radius 2 is 2.04 bits per heavy atom. The fourth-order valence-electron chi connectivity index (χ4n) is 2.04. The lowest BCUT2D eigenvalue weighted by atomic mass is 10.2. The molecule has 3 rings (SSSR count). The van der Waals surface area contributed by atoms with Crippen molar-refractivity contribution in [3.05, 3.63) is 41.1 Å². The normalized spacial score (nSPS) is 11.9. The van der Waals surface area contributed by atoms with Gasteiger partial charge in [-0.3, -0.25) is 0 Å². The first kappa shape index (κ1) is 16.2. The average Bonchev–Trinajstić information content (AvgIpc) is 3.26. The maximum absolute atomic E-state index is 11.8. The van der Waals surface area contributed by atoms with Gasteiger partial charge in [0.1, 0.15) is 0 Å². The number of hydrogen-bond acceptors (Lipinski definition) is 5.